The highest BCUT2D eigenvalue weighted by Gasteiger charge is 2.31. The molecule has 120 valence electrons. The number of fused-ring (bicyclic) bond motifs is 1. The van der Waals surface area contributed by atoms with Crippen molar-refractivity contribution >= 4 is 11.6 Å². The molecule has 2 aromatic carbocycles. The number of hydrogen-bond acceptors (Lipinski definition) is 3. The second kappa shape index (κ2) is 6.10. The van der Waals surface area contributed by atoms with Gasteiger partial charge in [0.1, 0.15) is 11.4 Å². The van der Waals surface area contributed by atoms with Gasteiger partial charge in [0.15, 0.2) is 0 Å². The molecule has 23 heavy (non-hydrogen) atoms. The van der Waals surface area contributed by atoms with Crippen molar-refractivity contribution in [3.05, 3.63) is 65.0 Å². The summed E-state index contributed by atoms with van der Waals surface area (Å²) in [5.74, 6) is -0.794. The molecular weight excluding hydrogens is 293 g/mol. The maximum Gasteiger partial charge on any atom is 0.248 e. The second-order valence-corrected chi connectivity index (χ2v) is 6.01. The second-order valence-electron chi connectivity index (χ2n) is 6.01. The minimum Gasteiger partial charge on any atom is -0.322 e. The van der Waals surface area contributed by atoms with Gasteiger partial charge in [-0.2, -0.15) is 0 Å². The fraction of sp³-hybridized carbons (Fsp3) is 0.278. The van der Waals surface area contributed by atoms with E-state index in [4.69, 9.17) is 5.73 Å². The van der Waals surface area contributed by atoms with Crippen LogP contribution in [-0.4, -0.2) is 12.5 Å². The first-order valence-corrected chi connectivity index (χ1v) is 7.67. The first-order chi connectivity index (χ1) is 11.0. The normalized spacial score (nSPS) is 16.3. The first-order valence-electron chi connectivity index (χ1n) is 7.67. The van der Waals surface area contributed by atoms with Crippen molar-refractivity contribution in [2.75, 3.05) is 11.9 Å². The van der Waals surface area contributed by atoms with Gasteiger partial charge in [0.25, 0.3) is 0 Å². The van der Waals surface area contributed by atoms with Crippen LogP contribution in [0.25, 0.3) is 0 Å². The van der Waals surface area contributed by atoms with E-state index in [1.165, 1.54) is 0 Å². The van der Waals surface area contributed by atoms with Crippen LogP contribution in [-0.2, 0) is 23.3 Å². The van der Waals surface area contributed by atoms with E-state index in [1.807, 2.05) is 24.3 Å². The van der Waals surface area contributed by atoms with E-state index in [0.717, 1.165) is 12.1 Å². The van der Waals surface area contributed by atoms with E-state index in [1.54, 1.807) is 25.1 Å². The van der Waals surface area contributed by atoms with Crippen LogP contribution in [0, 0.1) is 5.82 Å². The molecule has 0 aliphatic carbocycles. The van der Waals surface area contributed by atoms with Gasteiger partial charge in [0.2, 0.25) is 5.91 Å². The molecule has 0 fully saturated rings. The van der Waals surface area contributed by atoms with E-state index < -0.39 is 11.4 Å². The molecule has 1 amide bonds. The number of carbonyl (C=O) groups is 1. The van der Waals surface area contributed by atoms with Gasteiger partial charge in [-0.05, 0) is 42.6 Å². The fourth-order valence-corrected chi connectivity index (χ4v) is 2.80. The molecule has 1 heterocycles. The number of nitrogens with two attached hydrogens (primary N) is 1. The molecule has 0 saturated carbocycles. The summed E-state index contributed by atoms with van der Waals surface area (Å²) in [6, 6.07) is 12.5. The third-order valence-electron chi connectivity index (χ3n) is 4.30. The average Bonchev–Trinajstić information content (AvgIpc) is 2.58. The van der Waals surface area contributed by atoms with Gasteiger partial charge in [-0.1, -0.05) is 36.4 Å². The molecule has 2 aromatic rings. The van der Waals surface area contributed by atoms with E-state index >= 15 is 0 Å². The average molecular weight is 313 g/mol. The Kier molecular flexibility index (Phi) is 4.15. The number of hydrogen-bond donors (Lipinski definition) is 3. The molecule has 5 heteroatoms. The molecule has 4 N–H and O–H groups in total. The van der Waals surface area contributed by atoms with Crippen LogP contribution in [0.3, 0.4) is 0 Å². The molecule has 1 unspecified atom stereocenters. The fourth-order valence-electron chi connectivity index (χ4n) is 2.80. The molecule has 1 aliphatic rings. The van der Waals surface area contributed by atoms with E-state index in [-0.39, 0.29) is 11.5 Å². The van der Waals surface area contributed by atoms with Crippen molar-refractivity contribution in [2.45, 2.75) is 25.4 Å². The van der Waals surface area contributed by atoms with Gasteiger partial charge in [-0.15, -0.1) is 0 Å². The summed E-state index contributed by atoms with van der Waals surface area (Å²) in [7, 11) is 0. The topological polar surface area (TPSA) is 67.2 Å². The highest BCUT2D eigenvalue weighted by Crippen LogP contribution is 2.26. The number of carbonyl (C=O) groups excluding carboxylic acids is 1. The van der Waals surface area contributed by atoms with Crippen molar-refractivity contribution in [2.24, 2.45) is 5.73 Å². The SMILES string of the molecule is CC(N)(C(=O)Nc1ccc2c(c1F)CCNC2)c1ccccc1. The van der Waals surface area contributed by atoms with Crippen LogP contribution in [0.2, 0.25) is 0 Å². The van der Waals surface area contributed by atoms with Crippen LogP contribution in [0.5, 0.6) is 0 Å². The van der Waals surface area contributed by atoms with Gasteiger partial charge in [0.05, 0.1) is 5.69 Å². The summed E-state index contributed by atoms with van der Waals surface area (Å²) >= 11 is 0. The summed E-state index contributed by atoms with van der Waals surface area (Å²) in [6.07, 6.45) is 0.615. The number of rotatable bonds is 3. The summed E-state index contributed by atoms with van der Waals surface area (Å²) in [5.41, 5.74) is 7.41. The van der Waals surface area contributed by atoms with Crippen LogP contribution >= 0.6 is 0 Å². The summed E-state index contributed by atoms with van der Waals surface area (Å²) < 4.78 is 14.6. The zero-order chi connectivity index (χ0) is 16.4. The molecule has 4 nitrogen and oxygen atoms in total. The van der Waals surface area contributed by atoms with Gasteiger partial charge < -0.3 is 16.4 Å². The number of anilines is 1. The van der Waals surface area contributed by atoms with Crippen LogP contribution in [0.1, 0.15) is 23.6 Å². The van der Waals surface area contributed by atoms with Crippen LogP contribution in [0.4, 0.5) is 10.1 Å². The smallest absolute Gasteiger partial charge is 0.248 e. The van der Waals surface area contributed by atoms with Gasteiger partial charge in [-0.3, -0.25) is 4.79 Å². The lowest BCUT2D eigenvalue weighted by Crippen LogP contribution is -2.45. The zero-order valence-electron chi connectivity index (χ0n) is 13.0. The minimum absolute atomic E-state index is 0.184. The van der Waals surface area contributed by atoms with E-state index in [2.05, 4.69) is 10.6 Å². The number of halogens is 1. The Morgan fingerprint density at radius 3 is 2.74 bits per heavy atom. The highest BCUT2D eigenvalue weighted by atomic mass is 19.1. The van der Waals surface area contributed by atoms with Gasteiger partial charge in [-0.25, -0.2) is 4.39 Å². The van der Waals surface area contributed by atoms with Crippen molar-refractivity contribution in [3.63, 3.8) is 0 Å². The predicted molar refractivity (Wildman–Crippen MR) is 88.4 cm³/mol. The minimum atomic E-state index is -1.23. The van der Waals surface area contributed by atoms with Crippen LogP contribution in [0.15, 0.2) is 42.5 Å². The zero-order valence-corrected chi connectivity index (χ0v) is 13.0. The molecule has 3 rings (SSSR count). The molecular formula is C18H20FN3O. The molecule has 1 atom stereocenters. The van der Waals surface area contributed by atoms with E-state index in [0.29, 0.717) is 24.1 Å². The maximum atomic E-state index is 14.6. The summed E-state index contributed by atoms with van der Waals surface area (Å²) in [5, 5.41) is 5.84. The Morgan fingerprint density at radius 1 is 1.26 bits per heavy atom. The number of nitrogens with one attached hydrogen (secondary N) is 2. The quantitative estimate of drug-likeness (QED) is 0.814. The lowest BCUT2D eigenvalue weighted by molar-refractivity contribution is -0.120. The largest absolute Gasteiger partial charge is 0.322 e. The monoisotopic (exact) mass is 313 g/mol. The molecule has 0 spiro atoms. The Hall–Kier alpha value is -2.24. The molecule has 0 bridgehead atoms. The van der Waals surface area contributed by atoms with Crippen molar-refractivity contribution in [1.29, 1.82) is 0 Å². The lowest BCUT2D eigenvalue weighted by atomic mass is 9.92. The first kappa shape index (κ1) is 15.6. The van der Waals surface area contributed by atoms with Gasteiger partial charge >= 0.3 is 0 Å². The van der Waals surface area contributed by atoms with Gasteiger partial charge in [0, 0.05) is 6.54 Å². The predicted octanol–water partition coefficient (Wildman–Crippen LogP) is 2.28. The van der Waals surface area contributed by atoms with Crippen molar-refractivity contribution in [3.8, 4) is 0 Å². The highest BCUT2D eigenvalue weighted by molar-refractivity contribution is 5.98. The van der Waals surface area contributed by atoms with Crippen molar-refractivity contribution in [1.82, 2.24) is 5.32 Å². The van der Waals surface area contributed by atoms with Crippen molar-refractivity contribution < 1.29 is 9.18 Å². The Morgan fingerprint density at radius 2 is 2.00 bits per heavy atom. The third kappa shape index (κ3) is 2.98. The molecule has 0 saturated heterocycles. The lowest BCUT2D eigenvalue weighted by Gasteiger charge is -2.25. The Balaban J connectivity index is 1.86. The Labute approximate surface area is 134 Å². The number of amides is 1. The summed E-state index contributed by atoms with van der Waals surface area (Å²) in [6.45, 7) is 3.01. The Bertz CT molecular complexity index is 729. The van der Waals surface area contributed by atoms with E-state index in [9.17, 15) is 9.18 Å². The van der Waals surface area contributed by atoms with Crippen LogP contribution < -0.4 is 16.4 Å². The standard InChI is InChI=1S/C18H20FN3O/c1-18(20,13-5-3-2-4-6-13)17(23)22-15-8-7-12-11-21-10-9-14(12)16(15)19/h2-8,21H,9-11,20H2,1H3,(H,22,23). The molecule has 0 radical (unpaired) electrons. The number of benzene rings is 2. The molecule has 1 aliphatic heterocycles. The summed E-state index contributed by atoms with van der Waals surface area (Å²) in [4.78, 5) is 12.5. The third-order valence-corrected chi connectivity index (χ3v) is 4.30. The maximum absolute atomic E-state index is 14.6. The molecule has 0 aromatic heterocycles.